The lowest BCUT2D eigenvalue weighted by Crippen LogP contribution is -2.28. The van der Waals surface area contributed by atoms with Crippen molar-refractivity contribution in [3.05, 3.63) is 27.1 Å². The third kappa shape index (κ3) is 2.11. The molecule has 6 heteroatoms. The van der Waals surface area contributed by atoms with Crippen molar-refractivity contribution >= 4 is 21.6 Å². The first kappa shape index (κ1) is 12.2. The summed E-state index contributed by atoms with van der Waals surface area (Å²) >= 11 is 1.49. The average molecular weight is 254 g/mol. The van der Waals surface area contributed by atoms with Gasteiger partial charge in [-0.2, -0.15) is 0 Å². The van der Waals surface area contributed by atoms with Gasteiger partial charge in [0.25, 0.3) is 5.56 Å². The minimum atomic E-state index is -0.938. The molecule has 1 unspecified atom stereocenters. The monoisotopic (exact) mass is 254 g/mol. The van der Waals surface area contributed by atoms with Gasteiger partial charge in [0.05, 0.1) is 31.0 Å². The molecule has 0 aliphatic carbocycles. The molecule has 0 saturated heterocycles. The van der Waals surface area contributed by atoms with Gasteiger partial charge in [0.15, 0.2) is 0 Å². The highest BCUT2D eigenvalue weighted by Crippen LogP contribution is 2.25. The summed E-state index contributed by atoms with van der Waals surface area (Å²) in [5.41, 5.74) is 0.777. The molecule has 0 amide bonds. The minimum absolute atomic E-state index is 0.0621. The van der Waals surface area contributed by atoms with Crippen LogP contribution in [0.4, 0.5) is 0 Å². The van der Waals surface area contributed by atoms with E-state index in [-0.39, 0.29) is 18.7 Å². The number of hydrogen-bond donors (Lipinski definition) is 2. The molecule has 17 heavy (non-hydrogen) atoms. The predicted octanol–water partition coefficient (Wildman–Crippen LogP) is 0.428. The van der Waals surface area contributed by atoms with E-state index in [2.05, 4.69) is 4.98 Å². The molecule has 92 valence electrons. The summed E-state index contributed by atoms with van der Waals surface area (Å²) in [6, 6.07) is 0. The van der Waals surface area contributed by atoms with Crippen LogP contribution in [0.15, 0.2) is 11.1 Å². The van der Waals surface area contributed by atoms with Crippen molar-refractivity contribution in [3.8, 4) is 0 Å². The van der Waals surface area contributed by atoms with Crippen LogP contribution in [0.3, 0.4) is 0 Å². The van der Waals surface area contributed by atoms with E-state index >= 15 is 0 Å². The van der Waals surface area contributed by atoms with Crippen molar-refractivity contribution < 1.29 is 10.2 Å². The van der Waals surface area contributed by atoms with Crippen LogP contribution in [0, 0.1) is 13.8 Å². The molecule has 1 atom stereocenters. The molecule has 0 spiro atoms. The van der Waals surface area contributed by atoms with Gasteiger partial charge in [0, 0.05) is 4.88 Å². The van der Waals surface area contributed by atoms with Crippen LogP contribution in [0.25, 0.3) is 10.2 Å². The number of aliphatic hydroxyl groups is 2. The number of thiophene rings is 1. The number of fused-ring (bicyclic) bond motifs is 1. The van der Waals surface area contributed by atoms with Gasteiger partial charge in [-0.15, -0.1) is 11.3 Å². The SMILES string of the molecule is Cc1sc2ncn(CC(O)CO)c(=O)c2c1C. The quantitative estimate of drug-likeness (QED) is 0.833. The molecule has 2 N–H and O–H groups in total. The van der Waals surface area contributed by atoms with Crippen LogP contribution in [0.5, 0.6) is 0 Å². The summed E-state index contributed by atoms with van der Waals surface area (Å²) in [6.07, 6.45) is 0.478. The van der Waals surface area contributed by atoms with Gasteiger partial charge < -0.3 is 10.2 Å². The van der Waals surface area contributed by atoms with E-state index in [0.29, 0.717) is 5.39 Å². The highest BCUT2D eigenvalue weighted by Gasteiger charge is 2.13. The van der Waals surface area contributed by atoms with Gasteiger partial charge in [-0.3, -0.25) is 9.36 Å². The maximum atomic E-state index is 12.2. The first-order valence-electron chi connectivity index (χ1n) is 5.28. The Morgan fingerprint density at radius 3 is 2.88 bits per heavy atom. The molecule has 2 rings (SSSR count). The Balaban J connectivity index is 2.57. The molecule has 2 heterocycles. The van der Waals surface area contributed by atoms with E-state index in [1.54, 1.807) is 0 Å². The molecule has 0 fully saturated rings. The Labute approximate surface area is 102 Å². The number of hydrogen-bond acceptors (Lipinski definition) is 5. The molecule has 0 bridgehead atoms. The van der Waals surface area contributed by atoms with Gasteiger partial charge in [0.1, 0.15) is 4.83 Å². The molecule has 2 aromatic rings. The summed E-state index contributed by atoms with van der Waals surface area (Å²) in [5, 5.41) is 18.7. The van der Waals surface area contributed by atoms with Crippen LogP contribution in [-0.4, -0.2) is 32.5 Å². The third-order valence-electron chi connectivity index (χ3n) is 2.77. The second kappa shape index (κ2) is 4.56. The van der Waals surface area contributed by atoms with Gasteiger partial charge in [-0.25, -0.2) is 4.98 Å². The van der Waals surface area contributed by atoms with Crippen LogP contribution in [0.2, 0.25) is 0 Å². The van der Waals surface area contributed by atoms with Crippen molar-refractivity contribution in [2.75, 3.05) is 6.61 Å². The van der Waals surface area contributed by atoms with Crippen LogP contribution in [0.1, 0.15) is 10.4 Å². The lowest BCUT2D eigenvalue weighted by molar-refractivity contribution is 0.0803. The Morgan fingerprint density at radius 1 is 1.53 bits per heavy atom. The van der Waals surface area contributed by atoms with E-state index in [4.69, 9.17) is 5.11 Å². The molecule has 0 saturated carbocycles. The van der Waals surface area contributed by atoms with Gasteiger partial charge in [-0.1, -0.05) is 0 Å². The summed E-state index contributed by atoms with van der Waals surface area (Å²) < 4.78 is 1.34. The zero-order chi connectivity index (χ0) is 12.6. The van der Waals surface area contributed by atoms with Crippen molar-refractivity contribution in [1.82, 2.24) is 9.55 Å². The first-order valence-corrected chi connectivity index (χ1v) is 6.10. The smallest absolute Gasteiger partial charge is 0.262 e. The Kier molecular flexibility index (Phi) is 3.28. The van der Waals surface area contributed by atoms with E-state index in [1.165, 1.54) is 22.2 Å². The van der Waals surface area contributed by atoms with Gasteiger partial charge in [0.2, 0.25) is 0 Å². The first-order chi connectivity index (χ1) is 8.04. The fourth-order valence-corrected chi connectivity index (χ4v) is 2.67. The fourth-order valence-electron chi connectivity index (χ4n) is 1.68. The molecule has 0 aromatic carbocycles. The predicted molar refractivity (Wildman–Crippen MR) is 66.4 cm³/mol. The van der Waals surface area contributed by atoms with Crippen LogP contribution in [-0.2, 0) is 6.54 Å². The number of rotatable bonds is 3. The number of nitrogens with zero attached hydrogens (tertiary/aromatic N) is 2. The number of aliphatic hydroxyl groups excluding tert-OH is 2. The zero-order valence-electron chi connectivity index (χ0n) is 9.67. The fraction of sp³-hybridized carbons (Fsp3) is 0.455. The standard InChI is InChI=1S/C11H14N2O3S/c1-6-7(2)17-10-9(6)11(16)13(5-12-10)3-8(15)4-14/h5,8,14-15H,3-4H2,1-2H3. The summed E-state index contributed by atoms with van der Waals surface area (Å²) in [4.78, 5) is 18.1. The third-order valence-corrected chi connectivity index (χ3v) is 3.89. The van der Waals surface area contributed by atoms with E-state index in [9.17, 15) is 9.90 Å². The second-order valence-corrected chi connectivity index (χ2v) is 5.21. The highest BCUT2D eigenvalue weighted by molar-refractivity contribution is 7.18. The Morgan fingerprint density at radius 2 is 2.24 bits per heavy atom. The van der Waals surface area contributed by atoms with Gasteiger partial charge >= 0.3 is 0 Å². The molecular formula is C11H14N2O3S. The number of aryl methyl sites for hydroxylation is 2. The Hall–Kier alpha value is -1.24. The molecular weight excluding hydrogens is 240 g/mol. The second-order valence-electron chi connectivity index (χ2n) is 4.00. The summed E-state index contributed by atoms with van der Waals surface area (Å²) in [6.45, 7) is 3.54. The zero-order valence-corrected chi connectivity index (χ0v) is 10.5. The minimum Gasteiger partial charge on any atom is -0.394 e. The van der Waals surface area contributed by atoms with Gasteiger partial charge in [-0.05, 0) is 19.4 Å². The largest absolute Gasteiger partial charge is 0.394 e. The highest BCUT2D eigenvalue weighted by atomic mass is 32.1. The van der Waals surface area contributed by atoms with Crippen molar-refractivity contribution in [1.29, 1.82) is 0 Å². The van der Waals surface area contributed by atoms with E-state index in [0.717, 1.165) is 15.3 Å². The topological polar surface area (TPSA) is 75.3 Å². The lowest BCUT2D eigenvalue weighted by Gasteiger charge is -2.09. The maximum Gasteiger partial charge on any atom is 0.262 e. The summed E-state index contributed by atoms with van der Waals surface area (Å²) in [5.74, 6) is 0. The van der Waals surface area contributed by atoms with Crippen LogP contribution < -0.4 is 5.56 Å². The maximum absolute atomic E-state index is 12.2. The normalized spacial score (nSPS) is 13.2. The molecule has 2 aromatic heterocycles. The van der Waals surface area contributed by atoms with Crippen LogP contribution >= 0.6 is 11.3 Å². The molecule has 0 aliphatic heterocycles. The number of aromatic nitrogens is 2. The van der Waals surface area contributed by atoms with E-state index < -0.39 is 6.10 Å². The van der Waals surface area contributed by atoms with Crippen molar-refractivity contribution in [2.45, 2.75) is 26.5 Å². The Bertz CT molecular complexity index is 603. The van der Waals surface area contributed by atoms with E-state index in [1.807, 2.05) is 13.8 Å². The average Bonchev–Trinajstić information content (AvgIpc) is 2.59. The summed E-state index contributed by atoms with van der Waals surface area (Å²) in [7, 11) is 0. The molecule has 0 aliphatic rings. The van der Waals surface area contributed by atoms with Crippen molar-refractivity contribution in [3.63, 3.8) is 0 Å². The van der Waals surface area contributed by atoms with Crippen molar-refractivity contribution in [2.24, 2.45) is 0 Å². The lowest BCUT2D eigenvalue weighted by atomic mass is 10.2. The molecule has 0 radical (unpaired) electrons. The molecule has 5 nitrogen and oxygen atoms in total.